The summed E-state index contributed by atoms with van der Waals surface area (Å²) in [4.78, 5) is 4.32. The molecule has 1 N–H and O–H groups in total. The summed E-state index contributed by atoms with van der Waals surface area (Å²) in [5, 5.41) is 3.17. The lowest BCUT2D eigenvalue weighted by molar-refractivity contribution is 1.50. The summed E-state index contributed by atoms with van der Waals surface area (Å²) < 4.78 is 0. The first-order valence-corrected chi connectivity index (χ1v) is 5.45. The van der Waals surface area contributed by atoms with Crippen LogP contribution in [0, 0.1) is 0 Å². The van der Waals surface area contributed by atoms with Crippen molar-refractivity contribution in [2.75, 3.05) is 5.32 Å². The second-order valence-corrected chi connectivity index (χ2v) is 3.61. The molecule has 84 valence electrons. The van der Waals surface area contributed by atoms with Crippen molar-refractivity contribution < 1.29 is 0 Å². The molecule has 0 aliphatic heterocycles. The van der Waals surface area contributed by atoms with E-state index in [0.717, 1.165) is 17.1 Å². The predicted molar refractivity (Wildman–Crippen MR) is 73.8 cm³/mol. The van der Waals surface area contributed by atoms with Crippen LogP contribution < -0.4 is 5.32 Å². The molecule has 0 heterocycles. The van der Waals surface area contributed by atoms with Gasteiger partial charge >= 0.3 is 0 Å². The zero-order valence-electron chi connectivity index (χ0n) is 9.51. The molecule has 2 aromatic rings. The fraction of sp³-hybridized carbons (Fsp3) is 0. The van der Waals surface area contributed by atoms with Crippen LogP contribution >= 0.6 is 0 Å². The molecule has 0 spiro atoms. The van der Waals surface area contributed by atoms with Crippen molar-refractivity contribution in [1.29, 1.82) is 0 Å². The van der Waals surface area contributed by atoms with E-state index in [0.29, 0.717) is 0 Å². The fourth-order valence-electron chi connectivity index (χ4n) is 1.41. The molecule has 0 atom stereocenters. The molecular formula is C15H14N2. The van der Waals surface area contributed by atoms with E-state index >= 15 is 0 Å². The maximum Gasteiger partial charge on any atom is 0.0630 e. The van der Waals surface area contributed by atoms with Crippen LogP contribution in [0.25, 0.3) is 0 Å². The highest BCUT2D eigenvalue weighted by Crippen LogP contribution is 2.11. The van der Waals surface area contributed by atoms with Crippen LogP contribution in [-0.2, 0) is 0 Å². The number of hydrogen-bond acceptors (Lipinski definition) is 2. The molecule has 0 radical (unpaired) electrons. The number of anilines is 1. The molecule has 17 heavy (non-hydrogen) atoms. The largest absolute Gasteiger partial charge is 0.355 e. The zero-order chi connectivity index (χ0) is 11.9. The highest BCUT2D eigenvalue weighted by Gasteiger charge is 1.91. The Morgan fingerprint density at radius 2 is 1.53 bits per heavy atom. The van der Waals surface area contributed by atoms with Gasteiger partial charge in [-0.05, 0) is 24.3 Å². The number of rotatable bonds is 4. The fourth-order valence-corrected chi connectivity index (χ4v) is 1.41. The van der Waals surface area contributed by atoms with Gasteiger partial charge in [0.05, 0.1) is 11.9 Å². The molecule has 0 saturated carbocycles. The third kappa shape index (κ3) is 3.61. The Morgan fingerprint density at radius 1 is 0.941 bits per heavy atom. The second kappa shape index (κ2) is 5.66. The van der Waals surface area contributed by atoms with Gasteiger partial charge in [0.25, 0.3) is 0 Å². The number of hydrogen-bond donors (Lipinski definition) is 1. The summed E-state index contributed by atoms with van der Waals surface area (Å²) in [6.07, 6.45) is 1.72. The van der Waals surface area contributed by atoms with E-state index in [-0.39, 0.29) is 0 Å². The monoisotopic (exact) mass is 222 g/mol. The van der Waals surface area contributed by atoms with E-state index in [4.69, 9.17) is 0 Å². The van der Waals surface area contributed by atoms with Crippen LogP contribution in [0.5, 0.6) is 0 Å². The minimum Gasteiger partial charge on any atom is -0.355 e. The predicted octanol–water partition coefficient (Wildman–Crippen LogP) is 4.01. The van der Waals surface area contributed by atoms with E-state index in [1.54, 1.807) is 6.21 Å². The van der Waals surface area contributed by atoms with E-state index in [1.807, 2.05) is 60.7 Å². The van der Waals surface area contributed by atoms with Gasteiger partial charge in [0.15, 0.2) is 0 Å². The Morgan fingerprint density at radius 3 is 2.18 bits per heavy atom. The van der Waals surface area contributed by atoms with Gasteiger partial charge in [-0.2, -0.15) is 0 Å². The Labute approximate surface area is 101 Å². The summed E-state index contributed by atoms with van der Waals surface area (Å²) in [5.74, 6) is 0. The summed E-state index contributed by atoms with van der Waals surface area (Å²) in [7, 11) is 0. The third-order valence-electron chi connectivity index (χ3n) is 2.20. The number of para-hydroxylation sites is 2. The van der Waals surface area contributed by atoms with Gasteiger partial charge in [-0.3, -0.25) is 4.99 Å². The first-order valence-electron chi connectivity index (χ1n) is 5.45. The highest BCUT2D eigenvalue weighted by atomic mass is 14.9. The third-order valence-corrected chi connectivity index (χ3v) is 2.20. The van der Waals surface area contributed by atoms with Crippen LogP contribution in [0.3, 0.4) is 0 Å². The lowest BCUT2D eigenvalue weighted by atomic mass is 10.3. The quantitative estimate of drug-likeness (QED) is 0.776. The second-order valence-electron chi connectivity index (χ2n) is 3.61. The average Bonchev–Trinajstić information content (AvgIpc) is 2.39. The van der Waals surface area contributed by atoms with Crippen LogP contribution in [0.15, 0.2) is 77.9 Å². The van der Waals surface area contributed by atoms with Gasteiger partial charge in [-0.25, -0.2) is 0 Å². The Hall–Kier alpha value is -2.35. The topological polar surface area (TPSA) is 24.4 Å². The molecule has 0 aromatic heterocycles. The smallest absolute Gasteiger partial charge is 0.0630 e. The Balaban J connectivity index is 1.96. The maximum atomic E-state index is 4.32. The van der Waals surface area contributed by atoms with Crippen LogP contribution in [0.4, 0.5) is 11.4 Å². The van der Waals surface area contributed by atoms with Gasteiger partial charge in [0, 0.05) is 11.4 Å². The van der Waals surface area contributed by atoms with E-state index in [9.17, 15) is 0 Å². The van der Waals surface area contributed by atoms with Crippen molar-refractivity contribution in [3.63, 3.8) is 0 Å². The molecular weight excluding hydrogens is 208 g/mol. The first-order chi connectivity index (χ1) is 8.34. The van der Waals surface area contributed by atoms with Crippen LogP contribution in [0.1, 0.15) is 0 Å². The van der Waals surface area contributed by atoms with Crippen molar-refractivity contribution in [1.82, 2.24) is 0 Å². The van der Waals surface area contributed by atoms with Gasteiger partial charge in [-0.15, -0.1) is 0 Å². The molecule has 0 amide bonds. The Kier molecular flexibility index (Phi) is 3.71. The number of allylic oxidation sites excluding steroid dienone is 1. The molecule has 2 rings (SSSR count). The lowest BCUT2D eigenvalue weighted by Gasteiger charge is -2.04. The molecule has 0 saturated heterocycles. The van der Waals surface area contributed by atoms with Gasteiger partial charge in [-0.1, -0.05) is 43.0 Å². The van der Waals surface area contributed by atoms with Crippen molar-refractivity contribution >= 4 is 17.6 Å². The maximum absolute atomic E-state index is 4.32. The lowest BCUT2D eigenvalue weighted by Crippen LogP contribution is -1.98. The minimum absolute atomic E-state index is 0.764. The van der Waals surface area contributed by atoms with Gasteiger partial charge in [0.1, 0.15) is 0 Å². The minimum atomic E-state index is 0.764. The molecule has 0 unspecified atom stereocenters. The summed E-state index contributed by atoms with van der Waals surface area (Å²) >= 11 is 0. The van der Waals surface area contributed by atoms with Gasteiger partial charge < -0.3 is 5.32 Å². The summed E-state index contributed by atoms with van der Waals surface area (Å²) in [5.41, 5.74) is 2.69. The standard InChI is InChI=1S/C15H14N2/c1-13(17-15-10-6-3-7-11-15)12-16-14-8-4-2-5-9-14/h2-12,17H,1H2. The molecule has 2 heteroatoms. The van der Waals surface area contributed by atoms with Crippen molar-refractivity contribution in [3.8, 4) is 0 Å². The van der Waals surface area contributed by atoms with Crippen molar-refractivity contribution in [3.05, 3.63) is 72.9 Å². The molecule has 2 nitrogen and oxygen atoms in total. The average molecular weight is 222 g/mol. The van der Waals surface area contributed by atoms with E-state index < -0.39 is 0 Å². The zero-order valence-corrected chi connectivity index (χ0v) is 9.51. The molecule has 2 aromatic carbocycles. The van der Waals surface area contributed by atoms with Crippen molar-refractivity contribution in [2.45, 2.75) is 0 Å². The van der Waals surface area contributed by atoms with Gasteiger partial charge in [0.2, 0.25) is 0 Å². The number of benzene rings is 2. The molecule has 0 aliphatic rings. The number of aliphatic imine (C=N–C) groups is 1. The molecule has 0 bridgehead atoms. The van der Waals surface area contributed by atoms with Crippen molar-refractivity contribution in [2.24, 2.45) is 4.99 Å². The highest BCUT2D eigenvalue weighted by molar-refractivity contribution is 5.84. The molecule has 0 aliphatic carbocycles. The number of nitrogens with zero attached hydrogens (tertiary/aromatic N) is 1. The Bertz CT molecular complexity index is 501. The normalized spacial score (nSPS) is 10.4. The molecule has 0 fully saturated rings. The summed E-state index contributed by atoms with van der Waals surface area (Å²) in [6.45, 7) is 3.90. The number of nitrogens with one attached hydrogen (secondary N) is 1. The SMILES string of the molecule is C=C(C=Nc1ccccc1)Nc1ccccc1. The van der Waals surface area contributed by atoms with Crippen LogP contribution in [-0.4, -0.2) is 6.21 Å². The first kappa shape index (κ1) is 11.1. The van der Waals surface area contributed by atoms with E-state index in [2.05, 4.69) is 16.9 Å². The summed E-state index contributed by atoms with van der Waals surface area (Å²) in [6, 6.07) is 19.7. The van der Waals surface area contributed by atoms with E-state index in [1.165, 1.54) is 0 Å². The van der Waals surface area contributed by atoms with Crippen LogP contribution in [0.2, 0.25) is 0 Å².